The van der Waals surface area contributed by atoms with Gasteiger partial charge in [0.15, 0.2) is 5.78 Å². The fourth-order valence-corrected chi connectivity index (χ4v) is 7.37. The number of carbonyl (C=O) groups excluding carboxylic acids is 2. The van der Waals surface area contributed by atoms with Gasteiger partial charge in [-0.05, 0) is 126 Å². The number of rotatable bonds is 23. The lowest BCUT2D eigenvalue weighted by molar-refractivity contribution is -0.126. The number of nitrogens with zero attached hydrogens (tertiary/aromatic N) is 7. The van der Waals surface area contributed by atoms with Gasteiger partial charge < -0.3 is 41.0 Å². The molecule has 1 amide bonds. The van der Waals surface area contributed by atoms with Crippen LogP contribution in [0.4, 0.5) is 34.9 Å². The van der Waals surface area contributed by atoms with Crippen LogP contribution in [0.2, 0.25) is 0 Å². The second-order valence-corrected chi connectivity index (χ2v) is 15.6. The van der Waals surface area contributed by atoms with Gasteiger partial charge in [0.25, 0.3) is 5.91 Å². The van der Waals surface area contributed by atoms with E-state index in [1.807, 2.05) is 0 Å². The maximum atomic E-state index is 13.6. The zero-order valence-electron chi connectivity index (χ0n) is 34.1. The van der Waals surface area contributed by atoms with Gasteiger partial charge in [0.2, 0.25) is 33.7 Å². The fourth-order valence-electron chi connectivity index (χ4n) is 6.11. The lowest BCUT2D eigenvalue weighted by atomic mass is 10.2. The van der Waals surface area contributed by atoms with Crippen LogP contribution in [0, 0.1) is 0 Å². The van der Waals surface area contributed by atoms with E-state index in [0.29, 0.717) is 53.3 Å². The lowest BCUT2D eigenvalue weighted by Crippen LogP contribution is -2.31. The van der Waals surface area contributed by atoms with E-state index in [1.165, 1.54) is 43.3 Å². The molecule has 314 valence electrons. The van der Waals surface area contributed by atoms with Crippen LogP contribution in [-0.4, -0.2) is 113 Å². The monoisotopic (exact) mass is 827 g/mol. The number of amides is 1. The molecule has 0 aliphatic carbocycles. The van der Waals surface area contributed by atoms with Gasteiger partial charge in [0, 0.05) is 24.5 Å². The van der Waals surface area contributed by atoms with E-state index in [9.17, 15) is 22.8 Å². The number of fused-ring (bicyclic) bond motifs is 1. The number of aromatic amines is 2. The minimum atomic E-state index is -3.92. The molecule has 0 fully saturated rings. The van der Waals surface area contributed by atoms with E-state index in [2.05, 4.69) is 93.9 Å². The normalized spacial score (nSPS) is 12.3. The highest BCUT2D eigenvalue weighted by molar-refractivity contribution is 7.91. The molecule has 2 heterocycles. The Hall–Kier alpha value is -6.05. The molecule has 0 aliphatic heterocycles. The molecule has 0 saturated carbocycles. The highest BCUT2D eigenvalue weighted by atomic mass is 32.2. The summed E-state index contributed by atoms with van der Waals surface area (Å²) in [5.74, 6) is -0.102. The SMILES string of the molecule is CCN(CC)CCCNc1nc(NCCCN(CC)CC)nc(Nc2ccc(S(=O)(=O)c3ccc(N=NC(C(C)=O)C(=O)Nc4ccc5[nH]c(=O)[nH]c5c4)cc3)cc2)n1. The van der Waals surface area contributed by atoms with E-state index in [4.69, 9.17) is 0 Å². The first-order valence-electron chi connectivity index (χ1n) is 19.8. The third-order valence-corrected chi connectivity index (χ3v) is 11.4. The summed E-state index contributed by atoms with van der Waals surface area (Å²) in [6.07, 6.45) is 1.84. The molecule has 0 spiro atoms. The average Bonchev–Trinajstić information content (AvgIpc) is 3.60. The summed E-state index contributed by atoms with van der Waals surface area (Å²) in [5, 5.41) is 20.4. The summed E-state index contributed by atoms with van der Waals surface area (Å²) in [4.78, 5) is 60.5. The van der Waals surface area contributed by atoms with Gasteiger partial charge in [0.1, 0.15) is 0 Å². The van der Waals surface area contributed by atoms with Gasteiger partial charge >= 0.3 is 5.69 Å². The zero-order chi connectivity index (χ0) is 42.4. The molecule has 1 atom stereocenters. The van der Waals surface area contributed by atoms with Crippen LogP contribution in [0.15, 0.2) is 91.5 Å². The van der Waals surface area contributed by atoms with E-state index in [-0.39, 0.29) is 15.5 Å². The molecular formula is C40H53N13O5S. The number of aromatic nitrogens is 5. The Morgan fingerprint density at radius 2 is 1.22 bits per heavy atom. The van der Waals surface area contributed by atoms with Crippen molar-refractivity contribution in [2.45, 2.75) is 63.3 Å². The van der Waals surface area contributed by atoms with Crippen molar-refractivity contribution in [3.05, 3.63) is 77.2 Å². The highest BCUT2D eigenvalue weighted by Gasteiger charge is 2.24. The minimum Gasteiger partial charge on any atom is -0.354 e. The molecule has 2 aromatic heterocycles. The van der Waals surface area contributed by atoms with Crippen molar-refractivity contribution in [3.63, 3.8) is 0 Å². The standard InChI is InChI=1S/C40H53N13O5S/c1-6-52(7-2)24-10-22-41-37-47-38(42-23-11-25-53(8-3)9-4)49-39(48-37)44-28-12-17-31(18-13-28)59(57,58)32-19-14-29(15-20-32)50-51-35(27(5)54)36(55)43-30-16-21-33-34(26-30)46-40(56)45-33/h12-21,26,35H,6-11,22-25H2,1-5H3,(H,43,55)(H2,45,46,56)(H3,41,42,44,47,48,49). The molecule has 0 radical (unpaired) electrons. The van der Waals surface area contributed by atoms with Crippen molar-refractivity contribution >= 4 is 67.5 Å². The number of anilines is 5. The predicted molar refractivity (Wildman–Crippen MR) is 230 cm³/mol. The smallest absolute Gasteiger partial charge is 0.323 e. The molecule has 18 nitrogen and oxygen atoms in total. The van der Waals surface area contributed by atoms with Crippen molar-refractivity contribution in [1.82, 2.24) is 34.7 Å². The number of benzene rings is 3. The topological polar surface area (TPSA) is 235 Å². The summed E-state index contributed by atoms with van der Waals surface area (Å²) in [5.41, 5.74) is 1.81. The molecule has 0 aliphatic rings. The summed E-state index contributed by atoms with van der Waals surface area (Å²) in [7, 11) is -3.92. The Bertz CT molecular complexity index is 2320. The van der Waals surface area contributed by atoms with Crippen molar-refractivity contribution in [2.24, 2.45) is 10.2 Å². The lowest BCUT2D eigenvalue weighted by Gasteiger charge is -2.18. The van der Waals surface area contributed by atoms with Crippen LogP contribution in [-0.2, 0) is 19.4 Å². The molecular weight excluding hydrogens is 775 g/mol. The number of hydrogen-bond acceptors (Lipinski definition) is 15. The van der Waals surface area contributed by atoms with Crippen LogP contribution < -0.4 is 27.0 Å². The van der Waals surface area contributed by atoms with Crippen LogP contribution >= 0.6 is 0 Å². The molecule has 3 aromatic carbocycles. The maximum absolute atomic E-state index is 13.6. The molecule has 19 heteroatoms. The third-order valence-electron chi connectivity index (χ3n) is 9.57. The third kappa shape index (κ3) is 12.5. The summed E-state index contributed by atoms with van der Waals surface area (Å²) >= 11 is 0. The first-order valence-corrected chi connectivity index (χ1v) is 21.3. The maximum Gasteiger partial charge on any atom is 0.323 e. The molecule has 6 N–H and O–H groups in total. The number of ketones is 1. The summed E-state index contributed by atoms with van der Waals surface area (Å²) in [6, 6.07) is 15.2. The Balaban J connectivity index is 1.23. The van der Waals surface area contributed by atoms with Crippen LogP contribution in [0.1, 0.15) is 47.5 Å². The second-order valence-electron chi connectivity index (χ2n) is 13.6. The molecule has 1 unspecified atom stereocenters. The first-order chi connectivity index (χ1) is 28.4. The molecule has 5 aromatic rings. The van der Waals surface area contributed by atoms with E-state index in [0.717, 1.165) is 52.1 Å². The average molecular weight is 828 g/mol. The quantitative estimate of drug-likeness (QED) is 0.0268. The summed E-state index contributed by atoms with van der Waals surface area (Å²) in [6.45, 7) is 17.1. The molecule has 0 bridgehead atoms. The fraction of sp³-hybridized carbons (Fsp3) is 0.400. The predicted octanol–water partition coefficient (Wildman–Crippen LogP) is 5.59. The van der Waals surface area contributed by atoms with Crippen molar-refractivity contribution in [2.75, 3.05) is 73.6 Å². The second kappa shape index (κ2) is 21.1. The van der Waals surface area contributed by atoms with Crippen molar-refractivity contribution < 1.29 is 18.0 Å². The van der Waals surface area contributed by atoms with Gasteiger partial charge in [0.05, 0.1) is 26.5 Å². The van der Waals surface area contributed by atoms with Crippen molar-refractivity contribution in [3.8, 4) is 0 Å². The Labute approximate surface area is 343 Å². The number of carbonyl (C=O) groups is 2. The number of azo groups is 1. The van der Waals surface area contributed by atoms with Crippen LogP contribution in [0.25, 0.3) is 11.0 Å². The summed E-state index contributed by atoms with van der Waals surface area (Å²) < 4.78 is 27.1. The number of sulfone groups is 1. The van der Waals surface area contributed by atoms with Crippen molar-refractivity contribution in [1.29, 1.82) is 0 Å². The van der Waals surface area contributed by atoms with Gasteiger partial charge in [-0.3, -0.25) is 9.59 Å². The molecule has 59 heavy (non-hydrogen) atoms. The van der Waals surface area contributed by atoms with Gasteiger partial charge in [-0.15, -0.1) is 0 Å². The Morgan fingerprint density at radius 3 is 1.76 bits per heavy atom. The van der Waals surface area contributed by atoms with Gasteiger partial charge in [-0.25, -0.2) is 13.2 Å². The van der Waals surface area contributed by atoms with Gasteiger partial charge in [-0.2, -0.15) is 25.2 Å². The van der Waals surface area contributed by atoms with E-state index in [1.54, 1.807) is 30.3 Å². The van der Waals surface area contributed by atoms with E-state index >= 15 is 0 Å². The first kappa shape index (κ1) is 44.1. The molecule has 0 saturated heterocycles. The number of hydrogen-bond donors (Lipinski definition) is 6. The van der Waals surface area contributed by atoms with E-state index < -0.39 is 33.3 Å². The number of Topliss-reactive ketones (excluding diaryl/α,β-unsaturated/α-hetero) is 1. The number of H-pyrrole nitrogens is 2. The largest absolute Gasteiger partial charge is 0.354 e. The Kier molecular flexibility index (Phi) is 15.8. The number of imidazole rings is 1. The minimum absolute atomic E-state index is 0.0158. The number of nitrogens with one attached hydrogen (secondary N) is 6. The van der Waals surface area contributed by atoms with Gasteiger partial charge in [-0.1, -0.05) is 27.7 Å². The highest BCUT2D eigenvalue weighted by Crippen LogP contribution is 2.26. The van der Waals surface area contributed by atoms with Crippen LogP contribution in [0.5, 0.6) is 0 Å². The molecule has 5 rings (SSSR count). The van der Waals surface area contributed by atoms with Crippen LogP contribution in [0.3, 0.4) is 0 Å². The zero-order valence-corrected chi connectivity index (χ0v) is 34.9. The Morgan fingerprint density at radius 1 is 0.712 bits per heavy atom.